The molecule has 0 aliphatic heterocycles. The van der Waals surface area contributed by atoms with Crippen LogP contribution in [0.5, 0.6) is 0 Å². The van der Waals surface area contributed by atoms with Gasteiger partial charge in [0.25, 0.3) is 0 Å². The van der Waals surface area contributed by atoms with Crippen molar-refractivity contribution >= 4 is 0 Å². The van der Waals surface area contributed by atoms with Gasteiger partial charge in [0.2, 0.25) is 0 Å². The largest absolute Gasteiger partial charge is 0.390 e. The first kappa shape index (κ1) is 9.92. The molecule has 13 heavy (non-hydrogen) atoms. The Labute approximate surface area is 77.9 Å². The minimum Gasteiger partial charge on any atom is -0.390 e. The number of hydrogen-bond acceptors (Lipinski definition) is 3. The van der Waals surface area contributed by atoms with Gasteiger partial charge in [-0.05, 0) is 6.42 Å². The molecule has 1 N–H and O–H groups in total. The van der Waals surface area contributed by atoms with Crippen LogP contribution in [-0.4, -0.2) is 20.1 Å². The second kappa shape index (κ2) is 4.77. The minimum atomic E-state index is -0.0352. The number of aliphatic hydroxyl groups excluding tert-OH is 1. The number of allylic oxidation sites excluding steroid dienone is 1. The SMILES string of the molecule is C=CCn1nnc(CO)c1CCC. The Morgan fingerprint density at radius 2 is 2.38 bits per heavy atom. The van der Waals surface area contributed by atoms with E-state index < -0.39 is 0 Å². The lowest BCUT2D eigenvalue weighted by atomic mass is 10.2. The smallest absolute Gasteiger partial charge is 0.111 e. The Hall–Kier alpha value is -1.16. The van der Waals surface area contributed by atoms with Crippen molar-refractivity contribution in [1.29, 1.82) is 0 Å². The van der Waals surface area contributed by atoms with E-state index in [9.17, 15) is 0 Å². The lowest BCUT2D eigenvalue weighted by Crippen LogP contribution is -2.04. The highest BCUT2D eigenvalue weighted by atomic mass is 16.3. The maximum Gasteiger partial charge on any atom is 0.111 e. The van der Waals surface area contributed by atoms with E-state index in [0.29, 0.717) is 12.2 Å². The molecule has 0 amide bonds. The number of hydrogen-bond donors (Lipinski definition) is 1. The van der Waals surface area contributed by atoms with Gasteiger partial charge in [0.1, 0.15) is 5.69 Å². The fourth-order valence-corrected chi connectivity index (χ4v) is 1.27. The van der Waals surface area contributed by atoms with Crippen LogP contribution in [-0.2, 0) is 19.6 Å². The van der Waals surface area contributed by atoms with E-state index in [1.54, 1.807) is 10.8 Å². The van der Waals surface area contributed by atoms with Crippen LogP contribution < -0.4 is 0 Å². The summed E-state index contributed by atoms with van der Waals surface area (Å²) < 4.78 is 1.78. The molecule has 4 nitrogen and oxygen atoms in total. The van der Waals surface area contributed by atoms with Crippen molar-refractivity contribution in [2.45, 2.75) is 32.9 Å². The van der Waals surface area contributed by atoms with Gasteiger partial charge in [-0.1, -0.05) is 24.6 Å². The molecule has 1 aromatic rings. The van der Waals surface area contributed by atoms with Gasteiger partial charge in [0.15, 0.2) is 0 Å². The predicted molar refractivity (Wildman–Crippen MR) is 50.1 cm³/mol. The average Bonchev–Trinajstić information content (AvgIpc) is 2.50. The van der Waals surface area contributed by atoms with E-state index in [4.69, 9.17) is 5.11 Å². The van der Waals surface area contributed by atoms with Crippen molar-refractivity contribution in [3.63, 3.8) is 0 Å². The van der Waals surface area contributed by atoms with Gasteiger partial charge in [-0.25, -0.2) is 4.68 Å². The van der Waals surface area contributed by atoms with Gasteiger partial charge in [-0.2, -0.15) is 0 Å². The van der Waals surface area contributed by atoms with Crippen LogP contribution in [0.3, 0.4) is 0 Å². The lowest BCUT2D eigenvalue weighted by molar-refractivity contribution is 0.275. The van der Waals surface area contributed by atoms with Crippen LogP contribution in [0.25, 0.3) is 0 Å². The molecule has 1 rings (SSSR count). The molecule has 0 fully saturated rings. The van der Waals surface area contributed by atoms with Crippen LogP contribution >= 0.6 is 0 Å². The molecule has 0 saturated carbocycles. The normalized spacial score (nSPS) is 10.3. The zero-order valence-electron chi connectivity index (χ0n) is 7.90. The van der Waals surface area contributed by atoms with Crippen LogP contribution in [0, 0.1) is 0 Å². The Balaban J connectivity index is 2.91. The lowest BCUT2D eigenvalue weighted by Gasteiger charge is -2.02. The number of nitrogens with zero attached hydrogens (tertiary/aromatic N) is 3. The maximum absolute atomic E-state index is 8.98. The molecule has 0 aliphatic carbocycles. The number of aliphatic hydroxyl groups is 1. The summed E-state index contributed by atoms with van der Waals surface area (Å²) >= 11 is 0. The van der Waals surface area contributed by atoms with E-state index in [1.165, 1.54) is 0 Å². The van der Waals surface area contributed by atoms with Gasteiger partial charge in [-0.3, -0.25) is 0 Å². The first-order valence-electron chi connectivity index (χ1n) is 4.46. The Morgan fingerprint density at radius 1 is 1.62 bits per heavy atom. The average molecular weight is 181 g/mol. The van der Waals surface area contributed by atoms with E-state index in [-0.39, 0.29) is 6.61 Å². The van der Waals surface area contributed by atoms with Crippen molar-refractivity contribution in [3.05, 3.63) is 24.0 Å². The summed E-state index contributed by atoms with van der Waals surface area (Å²) in [6, 6.07) is 0. The fraction of sp³-hybridized carbons (Fsp3) is 0.556. The van der Waals surface area contributed by atoms with Gasteiger partial charge in [0, 0.05) is 0 Å². The highest BCUT2D eigenvalue weighted by Crippen LogP contribution is 2.08. The quantitative estimate of drug-likeness (QED) is 0.687. The summed E-state index contributed by atoms with van der Waals surface area (Å²) in [6.45, 7) is 6.35. The molecule has 0 aromatic carbocycles. The van der Waals surface area contributed by atoms with Crippen LogP contribution in [0.1, 0.15) is 24.7 Å². The third-order valence-electron chi connectivity index (χ3n) is 1.86. The zero-order chi connectivity index (χ0) is 9.68. The molecule has 72 valence electrons. The molecule has 1 aromatic heterocycles. The minimum absolute atomic E-state index is 0.0352. The molecule has 0 aliphatic rings. The zero-order valence-corrected chi connectivity index (χ0v) is 7.90. The molecular weight excluding hydrogens is 166 g/mol. The van der Waals surface area contributed by atoms with E-state index in [0.717, 1.165) is 18.5 Å². The predicted octanol–water partition coefficient (Wildman–Crippen LogP) is 0.909. The molecule has 1 heterocycles. The molecule has 0 atom stereocenters. The molecule has 0 radical (unpaired) electrons. The highest BCUT2D eigenvalue weighted by Gasteiger charge is 2.09. The van der Waals surface area contributed by atoms with Gasteiger partial charge >= 0.3 is 0 Å². The third kappa shape index (κ3) is 2.15. The second-order valence-electron chi connectivity index (χ2n) is 2.86. The first-order valence-corrected chi connectivity index (χ1v) is 4.46. The standard InChI is InChI=1S/C9H15N3O/c1-3-5-9-8(7-13)10-11-12(9)6-4-2/h4,13H,2-3,5-7H2,1H3. The van der Waals surface area contributed by atoms with Crippen LogP contribution in [0.2, 0.25) is 0 Å². The van der Waals surface area contributed by atoms with Crippen molar-refractivity contribution in [2.24, 2.45) is 0 Å². The molecule has 0 unspecified atom stereocenters. The van der Waals surface area contributed by atoms with E-state index in [2.05, 4.69) is 23.8 Å². The van der Waals surface area contributed by atoms with Gasteiger partial charge in [0.05, 0.1) is 18.8 Å². The molecular formula is C9H15N3O. The second-order valence-corrected chi connectivity index (χ2v) is 2.86. The van der Waals surface area contributed by atoms with Crippen molar-refractivity contribution in [1.82, 2.24) is 15.0 Å². The molecule has 0 spiro atoms. The Bertz CT molecular complexity index is 280. The topological polar surface area (TPSA) is 50.9 Å². The van der Waals surface area contributed by atoms with Gasteiger partial charge < -0.3 is 5.11 Å². The van der Waals surface area contributed by atoms with Crippen molar-refractivity contribution in [3.8, 4) is 0 Å². The summed E-state index contributed by atoms with van der Waals surface area (Å²) in [5.74, 6) is 0. The Kier molecular flexibility index (Phi) is 3.64. The fourth-order valence-electron chi connectivity index (χ4n) is 1.27. The van der Waals surface area contributed by atoms with E-state index in [1.807, 2.05) is 0 Å². The summed E-state index contributed by atoms with van der Waals surface area (Å²) in [5.41, 5.74) is 1.70. The van der Waals surface area contributed by atoms with Crippen molar-refractivity contribution < 1.29 is 5.11 Å². The highest BCUT2D eigenvalue weighted by molar-refractivity contribution is 5.09. The Morgan fingerprint density at radius 3 is 2.92 bits per heavy atom. The maximum atomic E-state index is 8.98. The van der Waals surface area contributed by atoms with Gasteiger partial charge in [-0.15, -0.1) is 11.7 Å². The summed E-state index contributed by atoms with van der Waals surface area (Å²) in [6.07, 6.45) is 3.70. The number of rotatable bonds is 5. The molecule has 4 heteroatoms. The number of aromatic nitrogens is 3. The van der Waals surface area contributed by atoms with Crippen molar-refractivity contribution in [2.75, 3.05) is 0 Å². The molecule has 0 bridgehead atoms. The van der Waals surface area contributed by atoms with E-state index >= 15 is 0 Å². The molecule has 0 saturated heterocycles. The summed E-state index contributed by atoms with van der Waals surface area (Å²) in [5, 5.41) is 16.8. The first-order chi connectivity index (χ1) is 6.33. The monoisotopic (exact) mass is 181 g/mol. The summed E-state index contributed by atoms with van der Waals surface area (Å²) in [7, 11) is 0. The summed E-state index contributed by atoms with van der Waals surface area (Å²) in [4.78, 5) is 0. The van der Waals surface area contributed by atoms with Crippen LogP contribution in [0.15, 0.2) is 12.7 Å². The van der Waals surface area contributed by atoms with Crippen LogP contribution in [0.4, 0.5) is 0 Å². The third-order valence-corrected chi connectivity index (χ3v) is 1.86.